The molecule has 0 spiro atoms. The summed E-state index contributed by atoms with van der Waals surface area (Å²) < 4.78 is 43.5. The summed E-state index contributed by atoms with van der Waals surface area (Å²) in [6.45, 7) is 0.691. The molecule has 1 aromatic carbocycles. The van der Waals surface area contributed by atoms with Crippen LogP contribution in [0.5, 0.6) is 0 Å². The number of hydrogen-bond acceptors (Lipinski definition) is 4. The predicted octanol–water partition coefficient (Wildman–Crippen LogP) is 1.48. The SMILES string of the molecule is COC(=O)NC1CCN(S(=O)(=O)Cc2ccc(F)cc2)CC1. The van der Waals surface area contributed by atoms with Crippen LogP contribution in [-0.2, 0) is 20.5 Å². The minimum Gasteiger partial charge on any atom is -0.453 e. The van der Waals surface area contributed by atoms with E-state index in [1.165, 1.54) is 35.7 Å². The summed E-state index contributed by atoms with van der Waals surface area (Å²) in [6, 6.07) is 5.36. The first-order valence-corrected chi connectivity index (χ1v) is 8.58. The first-order valence-electron chi connectivity index (χ1n) is 6.97. The van der Waals surface area contributed by atoms with E-state index in [4.69, 9.17) is 0 Å². The Morgan fingerprint density at radius 1 is 1.32 bits per heavy atom. The zero-order chi connectivity index (χ0) is 16.2. The van der Waals surface area contributed by atoms with Crippen LogP contribution in [0, 0.1) is 5.82 Å². The smallest absolute Gasteiger partial charge is 0.407 e. The van der Waals surface area contributed by atoms with Gasteiger partial charge in [-0.25, -0.2) is 21.9 Å². The number of nitrogens with one attached hydrogen (secondary N) is 1. The van der Waals surface area contributed by atoms with Gasteiger partial charge in [-0.3, -0.25) is 0 Å². The molecule has 1 amide bonds. The normalized spacial score (nSPS) is 17.2. The lowest BCUT2D eigenvalue weighted by Crippen LogP contribution is -2.46. The molecule has 1 aliphatic rings. The van der Waals surface area contributed by atoms with Gasteiger partial charge in [0.15, 0.2) is 0 Å². The molecule has 8 heteroatoms. The fraction of sp³-hybridized carbons (Fsp3) is 0.500. The molecule has 1 fully saturated rings. The number of rotatable bonds is 4. The Labute approximate surface area is 129 Å². The van der Waals surface area contributed by atoms with E-state index >= 15 is 0 Å². The van der Waals surface area contributed by atoms with Gasteiger partial charge in [0.05, 0.1) is 12.9 Å². The topological polar surface area (TPSA) is 75.7 Å². The highest BCUT2D eigenvalue weighted by Crippen LogP contribution is 2.18. The van der Waals surface area contributed by atoms with Gasteiger partial charge < -0.3 is 10.1 Å². The average Bonchev–Trinajstić information content (AvgIpc) is 2.50. The maximum atomic E-state index is 12.8. The van der Waals surface area contributed by atoms with Crippen LogP contribution in [0.4, 0.5) is 9.18 Å². The zero-order valence-electron chi connectivity index (χ0n) is 12.3. The van der Waals surface area contributed by atoms with Crippen LogP contribution in [-0.4, -0.2) is 45.1 Å². The van der Waals surface area contributed by atoms with E-state index in [2.05, 4.69) is 10.1 Å². The standard InChI is InChI=1S/C14H19FN2O4S/c1-21-14(18)16-13-6-8-17(9-7-13)22(19,20)10-11-2-4-12(15)5-3-11/h2-5,13H,6-10H2,1H3,(H,16,18). The molecule has 0 bridgehead atoms. The summed E-state index contributed by atoms with van der Waals surface area (Å²) in [4.78, 5) is 11.1. The number of carbonyl (C=O) groups is 1. The molecule has 122 valence electrons. The van der Waals surface area contributed by atoms with Gasteiger partial charge in [0.25, 0.3) is 0 Å². The van der Waals surface area contributed by atoms with Crippen molar-refractivity contribution in [2.24, 2.45) is 0 Å². The second-order valence-corrected chi connectivity index (χ2v) is 7.16. The van der Waals surface area contributed by atoms with Crippen LogP contribution >= 0.6 is 0 Å². The second kappa shape index (κ2) is 7.06. The van der Waals surface area contributed by atoms with Crippen LogP contribution in [0.15, 0.2) is 24.3 Å². The van der Waals surface area contributed by atoms with Crippen LogP contribution < -0.4 is 5.32 Å². The van der Waals surface area contributed by atoms with Gasteiger partial charge in [-0.2, -0.15) is 0 Å². The quantitative estimate of drug-likeness (QED) is 0.907. The monoisotopic (exact) mass is 330 g/mol. The van der Waals surface area contributed by atoms with E-state index in [-0.39, 0.29) is 11.8 Å². The van der Waals surface area contributed by atoms with Gasteiger partial charge >= 0.3 is 6.09 Å². The summed E-state index contributed by atoms with van der Waals surface area (Å²) in [7, 11) is -2.15. The Bertz CT molecular complexity index is 610. The van der Waals surface area contributed by atoms with Gasteiger partial charge in [0.2, 0.25) is 10.0 Å². The van der Waals surface area contributed by atoms with E-state index in [0.717, 1.165) is 0 Å². The minimum absolute atomic E-state index is 0.0790. The molecular formula is C14H19FN2O4S. The molecule has 1 aliphatic heterocycles. The largest absolute Gasteiger partial charge is 0.453 e. The summed E-state index contributed by atoms with van der Waals surface area (Å²) in [6.07, 6.45) is 0.572. The Balaban J connectivity index is 1.92. The Morgan fingerprint density at radius 2 is 1.91 bits per heavy atom. The highest BCUT2D eigenvalue weighted by molar-refractivity contribution is 7.88. The van der Waals surface area contributed by atoms with Crippen LogP contribution in [0.2, 0.25) is 0 Å². The Morgan fingerprint density at radius 3 is 2.45 bits per heavy atom. The zero-order valence-corrected chi connectivity index (χ0v) is 13.1. The number of sulfonamides is 1. The Kier molecular flexibility index (Phi) is 5.36. The van der Waals surface area contributed by atoms with Gasteiger partial charge in [-0.1, -0.05) is 12.1 Å². The van der Waals surface area contributed by atoms with Crippen molar-refractivity contribution in [3.05, 3.63) is 35.6 Å². The van der Waals surface area contributed by atoms with E-state index in [0.29, 0.717) is 31.5 Å². The van der Waals surface area contributed by atoms with Gasteiger partial charge in [-0.05, 0) is 30.5 Å². The number of alkyl carbamates (subject to hydrolysis) is 1. The maximum Gasteiger partial charge on any atom is 0.407 e. The number of hydrogen-bond donors (Lipinski definition) is 1. The number of ether oxygens (including phenoxy) is 1. The number of carbonyl (C=O) groups excluding carboxylic acids is 1. The fourth-order valence-electron chi connectivity index (χ4n) is 2.39. The molecule has 1 heterocycles. The number of benzene rings is 1. The van der Waals surface area contributed by atoms with Crippen molar-refractivity contribution in [2.45, 2.75) is 24.6 Å². The summed E-state index contributed by atoms with van der Waals surface area (Å²) >= 11 is 0. The van der Waals surface area contributed by atoms with Crippen molar-refractivity contribution in [3.63, 3.8) is 0 Å². The highest BCUT2D eigenvalue weighted by Gasteiger charge is 2.28. The number of halogens is 1. The van der Waals surface area contributed by atoms with E-state index in [1.807, 2.05) is 0 Å². The molecule has 0 aliphatic carbocycles. The fourth-order valence-corrected chi connectivity index (χ4v) is 3.95. The summed E-state index contributed by atoms with van der Waals surface area (Å²) in [5.74, 6) is -0.543. The molecule has 0 unspecified atom stereocenters. The molecule has 6 nitrogen and oxygen atoms in total. The first kappa shape index (κ1) is 16.7. The first-order chi connectivity index (χ1) is 10.4. The third-order valence-corrected chi connectivity index (χ3v) is 5.47. The van der Waals surface area contributed by atoms with Crippen molar-refractivity contribution < 1.29 is 22.3 Å². The number of nitrogens with zero attached hydrogens (tertiary/aromatic N) is 1. The molecule has 0 saturated carbocycles. The van der Waals surface area contributed by atoms with Crippen molar-refractivity contribution in [3.8, 4) is 0 Å². The van der Waals surface area contributed by atoms with Gasteiger partial charge in [0, 0.05) is 19.1 Å². The van der Waals surface area contributed by atoms with Gasteiger partial charge in [-0.15, -0.1) is 0 Å². The lowest BCUT2D eigenvalue weighted by atomic mass is 10.1. The van der Waals surface area contributed by atoms with Gasteiger partial charge in [0.1, 0.15) is 5.82 Å². The molecule has 1 aromatic rings. The molecule has 1 N–H and O–H groups in total. The van der Waals surface area contributed by atoms with E-state index < -0.39 is 21.9 Å². The summed E-state index contributed by atoms with van der Waals surface area (Å²) in [5.41, 5.74) is 0.552. The number of piperidine rings is 1. The molecular weight excluding hydrogens is 311 g/mol. The molecule has 0 atom stereocenters. The molecule has 1 saturated heterocycles. The van der Waals surface area contributed by atoms with Crippen molar-refractivity contribution >= 4 is 16.1 Å². The molecule has 0 aromatic heterocycles. The van der Waals surface area contributed by atoms with Crippen LogP contribution in [0.1, 0.15) is 18.4 Å². The van der Waals surface area contributed by atoms with Crippen molar-refractivity contribution in [1.29, 1.82) is 0 Å². The lowest BCUT2D eigenvalue weighted by Gasteiger charge is -2.31. The predicted molar refractivity (Wildman–Crippen MR) is 79.2 cm³/mol. The van der Waals surface area contributed by atoms with E-state index in [9.17, 15) is 17.6 Å². The molecule has 22 heavy (non-hydrogen) atoms. The second-order valence-electron chi connectivity index (χ2n) is 5.19. The van der Waals surface area contributed by atoms with E-state index in [1.54, 1.807) is 0 Å². The highest BCUT2D eigenvalue weighted by atomic mass is 32.2. The third kappa shape index (κ3) is 4.41. The maximum absolute atomic E-state index is 12.8. The van der Waals surface area contributed by atoms with Crippen molar-refractivity contribution in [1.82, 2.24) is 9.62 Å². The molecule has 0 radical (unpaired) electrons. The average molecular weight is 330 g/mol. The number of amides is 1. The summed E-state index contributed by atoms with van der Waals surface area (Å²) in [5, 5.41) is 2.67. The van der Waals surface area contributed by atoms with Crippen LogP contribution in [0.25, 0.3) is 0 Å². The molecule has 2 rings (SSSR count). The third-order valence-electron chi connectivity index (χ3n) is 3.62. The number of methoxy groups -OCH3 is 1. The Hall–Kier alpha value is -1.67. The lowest BCUT2D eigenvalue weighted by molar-refractivity contribution is 0.161. The van der Waals surface area contributed by atoms with Crippen molar-refractivity contribution in [2.75, 3.05) is 20.2 Å². The van der Waals surface area contributed by atoms with Crippen LogP contribution in [0.3, 0.4) is 0 Å². The minimum atomic E-state index is -3.44.